The molecule has 1 aliphatic rings. The topological polar surface area (TPSA) is 55.3 Å². The van der Waals surface area contributed by atoms with Gasteiger partial charge in [-0.25, -0.2) is 24.1 Å². The van der Waals surface area contributed by atoms with Crippen LogP contribution in [0.2, 0.25) is 0 Å². The van der Waals surface area contributed by atoms with Crippen molar-refractivity contribution in [3.8, 4) is 11.1 Å². The highest BCUT2D eigenvalue weighted by Gasteiger charge is 2.40. The number of carbonyl (C=O) groups is 1. The molecule has 6 heteroatoms. The van der Waals surface area contributed by atoms with E-state index >= 15 is 0 Å². The lowest BCUT2D eigenvalue weighted by atomic mass is 9.91. The van der Waals surface area contributed by atoms with Gasteiger partial charge in [0.05, 0.1) is 0 Å². The molecule has 120 valence electrons. The Labute approximate surface area is 134 Å². The molecular weight excluding hydrogens is 297 g/mol. The number of anilines is 1. The lowest BCUT2D eigenvalue weighted by molar-refractivity contribution is -0.0127. The first kappa shape index (κ1) is 15.4. The molecule has 23 heavy (non-hydrogen) atoms. The lowest BCUT2D eigenvalue weighted by Gasteiger charge is -2.40. The average molecular weight is 315 g/mol. The van der Waals surface area contributed by atoms with E-state index in [1.54, 1.807) is 24.5 Å². The van der Waals surface area contributed by atoms with E-state index in [4.69, 9.17) is 4.74 Å². The highest BCUT2D eigenvalue weighted by atomic mass is 19.1. The molecule has 1 fully saturated rings. The van der Waals surface area contributed by atoms with Gasteiger partial charge in [-0.2, -0.15) is 0 Å². The number of halogens is 1. The van der Waals surface area contributed by atoms with Gasteiger partial charge in [-0.1, -0.05) is 19.1 Å². The fraction of sp³-hybridized carbons (Fsp3) is 0.353. The molecule has 0 spiro atoms. The summed E-state index contributed by atoms with van der Waals surface area (Å²) in [6.45, 7) is 6.29. The van der Waals surface area contributed by atoms with Crippen LogP contribution in [0.15, 0.2) is 36.7 Å². The lowest BCUT2D eigenvalue weighted by Crippen LogP contribution is -2.52. The SMILES string of the molecule is CC1CN(c2ncc(-c3cccc(F)c3)cn2)C(=O)OC1(C)C. The summed E-state index contributed by atoms with van der Waals surface area (Å²) in [6, 6.07) is 6.20. The van der Waals surface area contributed by atoms with E-state index in [0.717, 1.165) is 0 Å². The van der Waals surface area contributed by atoms with Crippen molar-refractivity contribution in [1.29, 1.82) is 0 Å². The van der Waals surface area contributed by atoms with Crippen LogP contribution in [0.25, 0.3) is 11.1 Å². The van der Waals surface area contributed by atoms with Gasteiger partial charge in [0.2, 0.25) is 5.95 Å². The van der Waals surface area contributed by atoms with Gasteiger partial charge in [-0.05, 0) is 31.5 Å². The van der Waals surface area contributed by atoms with Crippen molar-refractivity contribution in [3.05, 3.63) is 42.5 Å². The molecule has 2 aromatic rings. The maximum Gasteiger partial charge on any atom is 0.417 e. The van der Waals surface area contributed by atoms with Gasteiger partial charge < -0.3 is 4.74 Å². The number of nitrogens with zero attached hydrogens (tertiary/aromatic N) is 3. The molecule has 3 rings (SSSR count). The quantitative estimate of drug-likeness (QED) is 0.849. The van der Waals surface area contributed by atoms with Crippen LogP contribution in [-0.2, 0) is 4.74 Å². The molecule has 5 nitrogen and oxygen atoms in total. The Morgan fingerprint density at radius 2 is 1.96 bits per heavy atom. The first-order chi connectivity index (χ1) is 10.9. The largest absolute Gasteiger partial charge is 0.443 e. The number of amides is 1. The molecule has 1 aromatic heterocycles. The first-order valence-electron chi connectivity index (χ1n) is 7.45. The zero-order chi connectivity index (χ0) is 16.6. The first-order valence-corrected chi connectivity index (χ1v) is 7.45. The molecule has 1 saturated heterocycles. The molecule has 1 aromatic carbocycles. The molecule has 1 atom stereocenters. The van der Waals surface area contributed by atoms with E-state index in [0.29, 0.717) is 17.7 Å². The number of rotatable bonds is 2. The molecule has 1 amide bonds. The van der Waals surface area contributed by atoms with Crippen molar-refractivity contribution in [1.82, 2.24) is 9.97 Å². The highest BCUT2D eigenvalue weighted by Crippen LogP contribution is 2.30. The number of carbonyl (C=O) groups excluding carboxylic acids is 1. The Morgan fingerprint density at radius 3 is 2.61 bits per heavy atom. The van der Waals surface area contributed by atoms with Gasteiger partial charge in [-0.3, -0.25) is 0 Å². The van der Waals surface area contributed by atoms with E-state index in [-0.39, 0.29) is 17.7 Å². The molecule has 0 radical (unpaired) electrons. The summed E-state index contributed by atoms with van der Waals surface area (Å²) < 4.78 is 18.7. The fourth-order valence-electron chi connectivity index (χ4n) is 2.39. The van der Waals surface area contributed by atoms with E-state index in [1.807, 2.05) is 20.8 Å². The van der Waals surface area contributed by atoms with Crippen molar-refractivity contribution in [3.63, 3.8) is 0 Å². The van der Waals surface area contributed by atoms with Crippen LogP contribution < -0.4 is 4.90 Å². The Hall–Kier alpha value is -2.50. The molecule has 2 heterocycles. The van der Waals surface area contributed by atoms with Crippen molar-refractivity contribution in [2.75, 3.05) is 11.4 Å². The van der Waals surface area contributed by atoms with Crippen molar-refractivity contribution in [2.24, 2.45) is 5.92 Å². The normalized spacial score (nSPS) is 20.3. The summed E-state index contributed by atoms with van der Waals surface area (Å²) in [4.78, 5) is 22.0. The third-order valence-corrected chi connectivity index (χ3v) is 4.25. The second kappa shape index (κ2) is 5.61. The Morgan fingerprint density at radius 1 is 1.26 bits per heavy atom. The fourth-order valence-corrected chi connectivity index (χ4v) is 2.39. The zero-order valence-corrected chi connectivity index (χ0v) is 13.3. The number of cyclic esters (lactones) is 1. The van der Waals surface area contributed by atoms with Crippen LogP contribution >= 0.6 is 0 Å². The third-order valence-electron chi connectivity index (χ3n) is 4.25. The van der Waals surface area contributed by atoms with E-state index in [9.17, 15) is 9.18 Å². The van der Waals surface area contributed by atoms with Crippen molar-refractivity contribution >= 4 is 12.0 Å². The van der Waals surface area contributed by atoms with Gasteiger partial charge in [-0.15, -0.1) is 0 Å². The Kier molecular flexibility index (Phi) is 3.75. The number of benzene rings is 1. The van der Waals surface area contributed by atoms with E-state index in [2.05, 4.69) is 9.97 Å². The Bertz CT molecular complexity index is 731. The van der Waals surface area contributed by atoms with Gasteiger partial charge >= 0.3 is 6.09 Å². The van der Waals surface area contributed by atoms with Crippen LogP contribution in [0, 0.1) is 11.7 Å². The molecule has 1 aliphatic heterocycles. The molecule has 0 bridgehead atoms. The van der Waals surface area contributed by atoms with Gasteiger partial charge in [0.15, 0.2) is 0 Å². The minimum Gasteiger partial charge on any atom is -0.443 e. The summed E-state index contributed by atoms with van der Waals surface area (Å²) in [7, 11) is 0. The number of hydrogen-bond acceptors (Lipinski definition) is 4. The minimum absolute atomic E-state index is 0.145. The average Bonchev–Trinajstić information content (AvgIpc) is 2.51. The third kappa shape index (κ3) is 3.02. The second-order valence-electron chi connectivity index (χ2n) is 6.27. The zero-order valence-electron chi connectivity index (χ0n) is 13.3. The summed E-state index contributed by atoms with van der Waals surface area (Å²) in [5.74, 6) is 0.117. The van der Waals surface area contributed by atoms with Crippen molar-refractivity contribution in [2.45, 2.75) is 26.4 Å². The van der Waals surface area contributed by atoms with Crippen LogP contribution in [0.5, 0.6) is 0 Å². The number of ether oxygens (including phenoxy) is 1. The monoisotopic (exact) mass is 315 g/mol. The molecular formula is C17H18FN3O2. The smallest absolute Gasteiger partial charge is 0.417 e. The molecule has 0 aliphatic carbocycles. The summed E-state index contributed by atoms with van der Waals surface area (Å²) in [5, 5.41) is 0. The van der Waals surface area contributed by atoms with Crippen LogP contribution in [0.3, 0.4) is 0 Å². The summed E-state index contributed by atoms with van der Waals surface area (Å²) in [5.41, 5.74) is 0.869. The highest BCUT2D eigenvalue weighted by molar-refractivity contribution is 5.86. The predicted molar refractivity (Wildman–Crippen MR) is 84.5 cm³/mol. The van der Waals surface area contributed by atoms with Gasteiger partial charge in [0.1, 0.15) is 11.4 Å². The molecule has 1 unspecified atom stereocenters. The summed E-state index contributed by atoms with van der Waals surface area (Å²) in [6.07, 6.45) is 2.70. The number of hydrogen-bond donors (Lipinski definition) is 0. The van der Waals surface area contributed by atoms with E-state index < -0.39 is 11.7 Å². The standard InChI is InChI=1S/C17H18FN3O2/c1-11-10-21(16(22)23-17(11,2)3)15-19-8-13(9-20-15)12-5-4-6-14(18)7-12/h4-9,11H,10H2,1-3H3. The maximum atomic E-state index is 13.3. The summed E-state index contributed by atoms with van der Waals surface area (Å²) >= 11 is 0. The van der Waals surface area contributed by atoms with Gasteiger partial charge in [0.25, 0.3) is 0 Å². The number of aromatic nitrogens is 2. The molecule has 0 N–H and O–H groups in total. The van der Waals surface area contributed by atoms with Crippen LogP contribution in [0.4, 0.5) is 15.1 Å². The van der Waals surface area contributed by atoms with Gasteiger partial charge in [0, 0.05) is 30.4 Å². The Balaban J connectivity index is 1.84. The van der Waals surface area contributed by atoms with Crippen LogP contribution in [0.1, 0.15) is 20.8 Å². The molecule has 0 saturated carbocycles. The van der Waals surface area contributed by atoms with Crippen LogP contribution in [-0.4, -0.2) is 28.2 Å². The second-order valence-corrected chi connectivity index (χ2v) is 6.27. The minimum atomic E-state index is -0.505. The van der Waals surface area contributed by atoms with E-state index in [1.165, 1.54) is 17.0 Å². The van der Waals surface area contributed by atoms with Crippen molar-refractivity contribution < 1.29 is 13.9 Å². The maximum absolute atomic E-state index is 13.3. The predicted octanol–water partition coefficient (Wildman–Crippen LogP) is 3.65.